The molecule has 0 bridgehead atoms. The van der Waals surface area contributed by atoms with Crippen LogP contribution in [0.25, 0.3) is 10.2 Å². The third-order valence-electron chi connectivity index (χ3n) is 4.88. The molecule has 0 aliphatic carbocycles. The van der Waals surface area contributed by atoms with Gasteiger partial charge in [-0.05, 0) is 38.1 Å². The van der Waals surface area contributed by atoms with E-state index >= 15 is 0 Å². The molecule has 2 aliphatic rings. The number of para-hydroxylation sites is 1. The van der Waals surface area contributed by atoms with E-state index in [0.29, 0.717) is 0 Å². The summed E-state index contributed by atoms with van der Waals surface area (Å²) in [6, 6.07) is 7.50. The summed E-state index contributed by atoms with van der Waals surface area (Å²) < 4.78 is 26.1. The number of nitrogens with zero attached hydrogens (tertiary/aromatic N) is 2. The first-order valence-corrected chi connectivity index (χ1v) is 12.3. The molecule has 1 aromatic carbocycles. The highest BCUT2D eigenvalue weighted by molar-refractivity contribution is 8.01. The number of thioether (sulfide) groups is 1. The second-order valence-electron chi connectivity index (χ2n) is 6.80. The highest BCUT2D eigenvalue weighted by Gasteiger charge is 2.42. The standard InChI is InChI=1S/C17H21N3O3S3/c21-16(9-24-17-19-12-5-1-2-6-15(12)25-17)18-13-10-26(22,23)11-14(13)20-7-3-4-8-20/h1-2,5-6,13-14H,3-4,7-11H2,(H,18,21). The minimum atomic E-state index is -3.09. The van der Waals surface area contributed by atoms with Crippen LogP contribution in [0.5, 0.6) is 0 Å². The van der Waals surface area contributed by atoms with Crippen LogP contribution >= 0.6 is 23.1 Å². The highest BCUT2D eigenvalue weighted by Crippen LogP contribution is 2.29. The third kappa shape index (κ3) is 4.05. The number of carbonyl (C=O) groups excluding carboxylic acids is 1. The number of sulfone groups is 1. The molecule has 2 atom stereocenters. The molecule has 2 unspecified atom stereocenters. The summed E-state index contributed by atoms with van der Waals surface area (Å²) in [4.78, 5) is 19.1. The van der Waals surface area contributed by atoms with E-state index < -0.39 is 9.84 Å². The molecule has 2 fully saturated rings. The molecule has 2 saturated heterocycles. The Morgan fingerprint density at radius 2 is 2.04 bits per heavy atom. The maximum absolute atomic E-state index is 12.4. The molecule has 6 nitrogen and oxygen atoms in total. The summed E-state index contributed by atoms with van der Waals surface area (Å²) in [5.41, 5.74) is 0.941. The summed E-state index contributed by atoms with van der Waals surface area (Å²) in [7, 11) is -3.09. The van der Waals surface area contributed by atoms with Crippen LogP contribution in [0.15, 0.2) is 28.6 Å². The molecule has 0 spiro atoms. The van der Waals surface area contributed by atoms with Crippen molar-refractivity contribution in [1.29, 1.82) is 0 Å². The molecule has 1 aromatic heterocycles. The highest BCUT2D eigenvalue weighted by atomic mass is 32.2. The smallest absolute Gasteiger partial charge is 0.230 e. The number of hydrogen-bond acceptors (Lipinski definition) is 7. The molecule has 0 saturated carbocycles. The molecular formula is C17H21N3O3S3. The van der Waals surface area contributed by atoms with Crippen LogP contribution < -0.4 is 5.32 Å². The third-order valence-corrected chi connectivity index (χ3v) is 8.78. The monoisotopic (exact) mass is 411 g/mol. The number of benzene rings is 1. The minimum absolute atomic E-state index is 0.0473. The predicted octanol–water partition coefficient (Wildman–Crippen LogP) is 1.77. The molecule has 4 rings (SSSR count). The summed E-state index contributed by atoms with van der Waals surface area (Å²) in [6.45, 7) is 1.85. The number of thiazole rings is 1. The molecule has 140 valence electrons. The zero-order valence-corrected chi connectivity index (χ0v) is 16.7. The number of fused-ring (bicyclic) bond motifs is 1. The van der Waals surface area contributed by atoms with E-state index in [1.54, 1.807) is 11.3 Å². The Kier molecular flexibility index (Phi) is 5.22. The maximum Gasteiger partial charge on any atom is 0.230 e. The molecule has 3 heterocycles. The van der Waals surface area contributed by atoms with Crippen LogP contribution in [-0.2, 0) is 14.6 Å². The number of aromatic nitrogens is 1. The molecule has 26 heavy (non-hydrogen) atoms. The van der Waals surface area contributed by atoms with E-state index in [1.165, 1.54) is 11.8 Å². The van der Waals surface area contributed by atoms with E-state index in [-0.39, 0.29) is 35.2 Å². The molecule has 9 heteroatoms. The van der Waals surface area contributed by atoms with Gasteiger partial charge < -0.3 is 5.32 Å². The average molecular weight is 412 g/mol. The normalized spacial score (nSPS) is 25.7. The van der Waals surface area contributed by atoms with Crippen molar-refractivity contribution >= 4 is 49.1 Å². The maximum atomic E-state index is 12.4. The van der Waals surface area contributed by atoms with Crippen molar-refractivity contribution in [3.63, 3.8) is 0 Å². The Morgan fingerprint density at radius 3 is 2.81 bits per heavy atom. The fourth-order valence-electron chi connectivity index (χ4n) is 3.69. The van der Waals surface area contributed by atoms with Gasteiger partial charge in [-0.2, -0.15) is 0 Å². The van der Waals surface area contributed by atoms with Gasteiger partial charge in [0.2, 0.25) is 5.91 Å². The first-order chi connectivity index (χ1) is 12.5. The Morgan fingerprint density at radius 1 is 1.27 bits per heavy atom. The first kappa shape index (κ1) is 18.2. The Balaban J connectivity index is 1.37. The fraction of sp³-hybridized carbons (Fsp3) is 0.529. The Hall–Kier alpha value is -1.16. The van der Waals surface area contributed by atoms with Gasteiger partial charge in [0, 0.05) is 6.04 Å². The van der Waals surface area contributed by atoms with Crippen molar-refractivity contribution in [1.82, 2.24) is 15.2 Å². The summed E-state index contributed by atoms with van der Waals surface area (Å²) in [5, 5.41) is 2.96. The van der Waals surface area contributed by atoms with Crippen molar-refractivity contribution in [3.8, 4) is 0 Å². The second-order valence-corrected chi connectivity index (χ2v) is 11.2. The van der Waals surface area contributed by atoms with E-state index in [2.05, 4.69) is 15.2 Å². The summed E-state index contributed by atoms with van der Waals surface area (Å²) in [6.07, 6.45) is 2.20. The van der Waals surface area contributed by atoms with Crippen molar-refractivity contribution in [3.05, 3.63) is 24.3 Å². The van der Waals surface area contributed by atoms with E-state index in [1.807, 2.05) is 24.3 Å². The van der Waals surface area contributed by atoms with Crippen molar-refractivity contribution in [2.75, 3.05) is 30.3 Å². The SMILES string of the molecule is O=C(CSc1nc2ccccc2s1)NC1CS(=O)(=O)CC1N1CCCC1. The zero-order chi connectivity index (χ0) is 18.1. The van der Waals surface area contributed by atoms with Gasteiger partial charge in [0.15, 0.2) is 14.2 Å². The van der Waals surface area contributed by atoms with Crippen LogP contribution in [0.3, 0.4) is 0 Å². The van der Waals surface area contributed by atoms with Gasteiger partial charge in [0.05, 0.1) is 33.5 Å². The van der Waals surface area contributed by atoms with Crippen LogP contribution in [-0.4, -0.2) is 66.6 Å². The largest absolute Gasteiger partial charge is 0.350 e. The Bertz CT molecular complexity index is 873. The van der Waals surface area contributed by atoms with Gasteiger partial charge in [0.1, 0.15) is 0 Å². The molecule has 2 aromatic rings. The van der Waals surface area contributed by atoms with Crippen LogP contribution in [0, 0.1) is 0 Å². The van der Waals surface area contributed by atoms with E-state index in [0.717, 1.165) is 40.5 Å². The van der Waals surface area contributed by atoms with Gasteiger partial charge in [-0.15, -0.1) is 11.3 Å². The summed E-state index contributed by atoms with van der Waals surface area (Å²) in [5.74, 6) is 0.332. The lowest BCUT2D eigenvalue weighted by Crippen LogP contribution is -2.50. The second kappa shape index (κ2) is 7.46. The number of likely N-dealkylation sites (tertiary alicyclic amines) is 1. The van der Waals surface area contributed by atoms with Gasteiger partial charge in [-0.3, -0.25) is 9.69 Å². The van der Waals surface area contributed by atoms with Crippen molar-refractivity contribution in [2.24, 2.45) is 0 Å². The van der Waals surface area contributed by atoms with Gasteiger partial charge >= 0.3 is 0 Å². The van der Waals surface area contributed by atoms with Crippen LogP contribution in [0.1, 0.15) is 12.8 Å². The quantitative estimate of drug-likeness (QED) is 0.756. The van der Waals surface area contributed by atoms with Crippen LogP contribution in [0.4, 0.5) is 0 Å². The molecule has 1 amide bonds. The topological polar surface area (TPSA) is 79.4 Å². The van der Waals surface area contributed by atoms with Crippen molar-refractivity contribution in [2.45, 2.75) is 29.3 Å². The zero-order valence-electron chi connectivity index (χ0n) is 14.3. The van der Waals surface area contributed by atoms with Gasteiger partial charge in [0.25, 0.3) is 0 Å². The van der Waals surface area contributed by atoms with E-state index in [4.69, 9.17) is 0 Å². The van der Waals surface area contributed by atoms with Gasteiger partial charge in [-0.25, -0.2) is 13.4 Å². The molecular weight excluding hydrogens is 390 g/mol. The number of rotatable bonds is 5. The fourth-order valence-corrected chi connectivity index (χ4v) is 7.52. The lowest BCUT2D eigenvalue weighted by molar-refractivity contribution is -0.119. The van der Waals surface area contributed by atoms with E-state index in [9.17, 15) is 13.2 Å². The number of hydrogen-bond donors (Lipinski definition) is 1. The molecule has 0 radical (unpaired) electrons. The number of amides is 1. The molecule has 2 aliphatic heterocycles. The van der Waals surface area contributed by atoms with Crippen LogP contribution in [0.2, 0.25) is 0 Å². The predicted molar refractivity (Wildman–Crippen MR) is 106 cm³/mol. The first-order valence-electron chi connectivity index (χ1n) is 8.72. The lowest BCUT2D eigenvalue weighted by atomic mass is 10.1. The van der Waals surface area contributed by atoms with Gasteiger partial charge in [-0.1, -0.05) is 23.9 Å². The number of carbonyl (C=O) groups is 1. The summed E-state index contributed by atoms with van der Waals surface area (Å²) >= 11 is 2.97. The lowest BCUT2D eigenvalue weighted by Gasteiger charge is -2.28. The molecule has 1 N–H and O–H groups in total. The Labute approximate surface area is 161 Å². The number of nitrogens with one attached hydrogen (secondary N) is 1. The average Bonchev–Trinajstić information content (AvgIpc) is 3.30. The minimum Gasteiger partial charge on any atom is -0.350 e. The van der Waals surface area contributed by atoms with Crippen molar-refractivity contribution < 1.29 is 13.2 Å².